The number of hydrogen-bond donors (Lipinski definition) is 2. The fourth-order valence-electron chi connectivity index (χ4n) is 3.73. The summed E-state index contributed by atoms with van der Waals surface area (Å²) in [7, 11) is 0. The van der Waals surface area contributed by atoms with Gasteiger partial charge in [-0.3, -0.25) is 14.4 Å². The zero-order valence-corrected chi connectivity index (χ0v) is 18.3. The Balaban J connectivity index is 1.72. The topological polar surface area (TPSA) is 78.5 Å². The molecule has 0 spiro atoms. The van der Waals surface area contributed by atoms with Crippen LogP contribution >= 0.6 is 0 Å². The van der Waals surface area contributed by atoms with Crippen LogP contribution in [-0.4, -0.2) is 35.2 Å². The van der Waals surface area contributed by atoms with Crippen molar-refractivity contribution in [1.82, 2.24) is 15.5 Å². The molecule has 3 amide bonds. The van der Waals surface area contributed by atoms with Crippen molar-refractivity contribution < 1.29 is 14.4 Å². The molecule has 1 aliphatic rings. The fraction of sp³-hybridized carbons (Fsp3) is 0.400. The summed E-state index contributed by atoms with van der Waals surface area (Å²) in [6.45, 7) is 4.85. The highest BCUT2D eigenvalue weighted by molar-refractivity contribution is 5.94. The first kappa shape index (κ1) is 22.5. The van der Waals surface area contributed by atoms with Gasteiger partial charge in [0.15, 0.2) is 0 Å². The van der Waals surface area contributed by atoms with Crippen molar-refractivity contribution in [3.05, 3.63) is 71.3 Å². The van der Waals surface area contributed by atoms with E-state index in [1.165, 1.54) is 0 Å². The summed E-state index contributed by atoms with van der Waals surface area (Å²) in [5.41, 5.74) is 2.21. The molecule has 2 aromatic rings. The number of benzene rings is 2. The molecule has 0 aliphatic carbocycles. The number of likely N-dealkylation sites (tertiary alicyclic amines) is 1. The number of nitrogens with zero attached hydrogens (tertiary/aromatic N) is 1. The van der Waals surface area contributed by atoms with Crippen molar-refractivity contribution in [3.8, 4) is 0 Å². The van der Waals surface area contributed by atoms with Crippen molar-refractivity contribution in [3.63, 3.8) is 0 Å². The summed E-state index contributed by atoms with van der Waals surface area (Å²) in [6, 6.07) is 16.1. The number of rotatable bonds is 8. The minimum Gasteiger partial charge on any atom is -0.350 e. The van der Waals surface area contributed by atoms with Crippen LogP contribution in [-0.2, 0) is 16.1 Å². The Kier molecular flexibility index (Phi) is 7.82. The average molecular weight is 422 g/mol. The Morgan fingerprint density at radius 2 is 1.84 bits per heavy atom. The van der Waals surface area contributed by atoms with E-state index >= 15 is 0 Å². The molecule has 1 aliphatic heterocycles. The van der Waals surface area contributed by atoms with Crippen LogP contribution in [0.1, 0.15) is 67.1 Å². The number of carbonyl (C=O) groups is 3. The molecule has 2 unspecified atom stereocenters. The largest absolute Gasteiger partial charge is 0.350 e. The van der Waals surface area contributed by atoms with Crippen molar-refractivity contribution in [2.24, 2.45) is 0 Å². The second-order valence-corrected chi connectivity index (χ2v) is 8.06. The van der Waals surface area contributed by atoms with Gasteiger partial charge in [-0.25, -0.2) is 0 Å². The Hall–Kier alpha value is -3.15. The first-order valence-electron chi connectivity index (χ1n) is 11.0. The van der Waals surface area contributed by atoms with Crippen molar-refractivity contribution in [1.29, 1.82) is 0 Å². The smallest absolute Gasteiger partial charge is 0.251 e. The fourth-order valence-corrected chi connectivity index (χ4v) is 3.73. The van der Waals surface area contributed by atoms with Crippen LogP contribution < -0.4 is 10.6 Å². The summed E-state index contributed by atoms with van der Waals surface area (Å²) < 4.78 is 0. The maximum atomic E-state index is 13.2. The number of carbonyl (C=O) groups excluding carboxylic acids is 3. The highest BCUT2D eigenvalue weighted by atomic mass is 16.2. The molecular formula is C25H31N3O3. The maximum absolute atomic E-state index is 13.2. The van der Waals surface area contributed by atoms with E-state index in [4.69, 9.17) is 0 Å². The summed E-state index contributed by atoms with van der Waals surface area (Å²) in [5, 5.41) is 5.92. The summed E-state index contributed by atoms with van der Waals surface area (Å²) in [4.78, 5) is 39.8. The number of amides is 3. The molecule has 2 atom stereocenters. The van der Waals surface area contributed by atoms with Gasteiger partial charge in [0, 0.05) is 31.1 Å². The van der Waals surface area contributed by atoms with E-state index in [1.807, 2.05) is 56.3 Å². The van der Waals surface area contributed by atoms with Gasteiger partial charge in [-0.15, -0.1) is 0 Å². The van der Waals surface area contributed by atoms with Gasteiger partial charge in [0.1, 0.15) is 6.04 Å². The van der Waals surface area contributed by atoms with E-state index in [1.54, 1.807) is 17.0 Å². The molecule has 6 nitrogen and oxygen atoms in total. The highest BCUT2D eigenvalue weighted by Crippen LogP contribution is 2.26. The molecule has 1 heterocycles. The lowest BCUT2D eigenvalue weighted by molar-refractivity contribution is -0.142. The van der Waals surface area contributed by atoms with E-state index in [0.717, 1.165) is 30.4 Å². The van der Waals surface area contributed by atoms with E-state index in [9.17, 15) is 14.4 Å². The summed E-state index contributed by atoms with van der Waals surface area (Å²) in [6.07, 6.45) is 3.10. The second kappa shape index (κ2) is 10.8. The van der Waals surface area contributed by atoms with Crippen LogP contribution in [0.4, 0.5) is 0 Å². The van der Waals surface area contributed by atoms with Crippen molar-refractivity contribution in [2.45, 2.75) is 58.2 Å². The van der Waals surface area contributed by atoms with Gasteiger partial charge in [-0.05, 0) is 49.4 Å². The Labute approximate surface area is 184 Å². The lowest BCUT2D eigenvalue weighted by atomic mass is 10.0. The van der Waals surface area contributed by atoms with E-state index in [-0.39, 0.29) is 30.3 Å². The predicted octanol–water partition coefficient (Wildman–Crippen LogP) is 3.58. The van der Waals surface area contributed by atoms with Crippen molar-refractivity contribution >= 4 is 17.7 Å². The molecular weight excluding hydrogens is 390 g/mol. The molecule has 1 fully saturated rings. The lowest BCUT2D eigenvalue weighted by Gasteiger charge is -2.34. The van der Waals surface area contributed by atoms with Gasteiger partial charge >= 0.3 is 0 Å². The minimum absolute atomic E-state index is 0.0129. The molecule has 0 bridgehead atoms. The molecule has 6 heteroatoms. The number of piperidine rings is 1. The molecule has 2 N–H and O–H groups in total. The maximum Gasteiger partial charge on any atom is 0.251 e. The average Bonchev–Trinajstić information content (AvgIpc) is 2.80. The van der Waals surface area contributed by atoms with Gasteiger partial charge in [-0.2, -0.15) is 0 Å². The highest BCUT2D eigenvalue weighted by Gasteiger charge is 2.32. The predicted molar refractivity (Wildman–Crippen MR) is 120 cm³/mol. The third-order valence-electron chi connectivity index (χ3n) is 5.68. The molecule has 164 valence electrons. The van der Waals surface area contributed by atoms with Gasteiger partial charge in [0.05, 0.1) is 0 Å². The van der Waals surface area contributed by atoms with E-state index < -0.39 is 6.04 Å². The SMILES string of the molecule is CCC(C)NC(=O)c1cccc(CNC(=O)C(c2ccccc2)N2CCCCC2=O)c1. The zero-order valence-electron chi connectivity index (χ0n) is 18.3. The number of hydrogen-bond acceptors (Lipinski definition) is 3. The van der Waals surface area contributed by atoms with E-state index in [2.05, 4.69) is 10.6 Å². The van der Waals surface area contributed by atoms with Crippen LogP contribution in [0.3, 0.4) is 0 Å². The monoisotopic (exact) mass is 421 g/mol. The van der Waals surface area contributed by atoms with E-state index in [0.29, 0.717) is 18.5 Å². The van der Waals surface area contributed by atoms with Gasteiger partial charge in [0.25, 0.3) is 5.91 Å². The van der Waals surface area contributed by atoms with Crippen LogP contribution in [0.5, 0.6) is 0 Å². The first-order valence-corrected chi connectivity index (χ1v) is 11.0. The molecule has 3 rings (SSSR count). The summed E-state index contributed by atoms with van der Waals surface area (Å²) in [5.74, 6) is -0.321. The lowest BCUT2D eigenvalue weighted by Crippen LogP contribution is -2.45. The molecule has 31 heavy (non-hydrogen) atoms. The van der Waals surface area contributed by atoms with Crippen LogP contribution in [0.15, 0.2) is 54.6 Å². The van der Waals surface area contributed by atoms with Crippen LogP contribution in [0, 0.1) is 0 Å². The van der Waals surface area contributed by atoms with Crippen LogP contribution in [0.2, 0.25) is 0 Å². The Morgan fingerprint density at radius 1 is 1.06 bits per heavy atom. The third-order valence-corrected chi connectivity index (χ3v) is 5.68. The molecule has 1 saturated heterocycles. The number of nitrogens with one attached hydrogen (secondary N) is 2. The van der Waals surface area contributed by atoms with Gasteiger partial charge in [0.2, 0.25) is 11.8 Å². The minimum atomic E-state index is -0.647. The second-order valence-electron chi connectivity index (χ2n) is 8.06. The standard InChI is InChI=1S/C25H31N3O3/c1-3-18(2)27-24(30)21-13-9-10-19(16-21)17-26-25(31)23(20-11-5-4-6-12-20)28-15-8-7-14-22(28)29/h4-6,9-13,16,18,23H,3,7-8,14-15,17H2,1-2H3,(H,26,31)(H,27,30). The molecule has 0 aromatic heterocycles. The normalized spacial score (nSPS) is 15.8. The van der Waals surface area contributed by atoms with Gasteiger partial charge in [-0.1, -0.05) is 49.4 Å². The Morgan fingerprint density at radius 3 is 2.55 bits per heavy atom. The van der Waals surface area contributed by atoms with Crippen molar-refractivity contribution in [2.75, 3.05) is 6.54 Å². The van der Waals surface area contributed by atoms with Gasteiger partial charge < -0.3 is 15.5 Å². The third kappa shape index (κ3) is 5.94. The first-order chi connectivity index (χ1) is 15.0. The molecule has 0 saturated carbocycles. The summed E-state index contributed by atoms with van der Waals surface area (Å²) >= 11 is 0. The Bertz CT molecular complexity index is 913. The quantitative estimate of drug-likeness (QED) is 0.684. The zero-order chi connectivity index (χ0) is 22.2. The molecule has 0 radical (unpaired) electrons. The van der Waals surface area contributed by atoms with Crippen LogP contribution in [0.25, 0.3) is 0 Å². The molecule has 2 aromatic carbocycles.